The molecule has 14 heavy (non-hydrogen) atoms. The molecule has 1 atom stereocenters. The lowest BCUT2D eigenvalue weighted by Gasteiger charge is -2.09. The lowest BCUT2D eigenvalue weighted by molar-refractivity contribution is -0.118. The zero-order chi connectivity index (χ0) is 10.1. The van der Waals surface area contributed by atoms with E-state index in [1.807, 2.05) is 24.3 Å². The first-order chi connectivity index (χ1) is 6.68. The summed E-state index contributed by atoms with van der Waals surface area (Å²) in [6.07, 6.45) is 0.0485. The Bertz CT molecular complexity index is 364. The minimum Gasteiger partial charge on any atom is -0.423 e. The number of ketones is 1. The van der Waals surface area contributed by atoms with Crippen molar-refractivity contribution in [2.24, 2.45) is 0 Å². The molecule has 3 nitrogen and oxygen atoms in total. The molecular weight excluding hydrogens is 179 g/mol. The van der Waals surface area contributed by atoms with E-state index >= 15 is 0 Å². The maximum Gasteiger partial charge on any atom is 0.491 e. The Labute approximate surface area is 82.8 Å². The molecule has 1 aliphatic heterocycles. The van der Waals surface area contributed by atoms with E-state index in [2.05, 4.69) is 0 Å². The third-order valence-electron chi connectivity index (χ3n) is 2.37. The topological polar surface area (TPSA) is 46.5 Å². The summed E-state index contributed by atoms with van der Waals surface area (Å²) >= 11 is 0. The summed E-state index contributed by atoms with van der Waals surface area (Å²) in [5, 5.41) is 9.53. The SMILES string of the molecule is CC(=O)CC1OB(O)c2ccccc21. The minimum absolute atomic E-state index is 0.0684. The summed E-state index contributed by atoms with van der Waals surface area (Å²) in [6.45, 7) is 1.52. The highest BCUT2D eigenvalue weighted by molar-refractivity contribution is 6.61. The Kier molecular flexibility index (Phi) is 2.39. The van der Waals surface area contributed by atoms with Gasteiger partial charge in [0.25, 0.3) is 0 Å². The van der Waals surface area contributed by atoms with E-state index in [1.165, 1.54) is 6.92 Å². The average molecular weight is 190 g/mol. The second-order valence-electron chi connectivity index (χ2n) is 3.51. The van der Waals surface area contributed by atoms with Crippen molar-refractivity contribution in [1.82, 2.24) is 0 Å². The zero-order valence-corrected chi connectivity index (χ0v) is 7.93. The summed E-state index contributed by atoms with van der Waals surface area (Å²) < 4.78 is 5.28. The van der Waals surface area contributed by atoms with E-state index in [-0.39, 0.29) is 11.9 Å². The predicted molar refractivity (Wildman–Crippen MR) is 53.2 cm³/mol. The largest absolute Gasteiger partial charge is 0.491 e. The molecule has 2 rings (SSSR count). The normalized spacial score (nSPS) is 19.6. The van der Waals surface area contributed by atoms with Crippen LogP contribution in [-0.2, 0) is 9.45 Å². The van der Waals surface area contributed by atoms with Gasteiger partial charge in [0.05, 0.1) is 6.10 Å². The molecule has 0 fully saturated rings. The molecule has 72 valence electrons. The van der Waals surface area contributed by atoms with Crippen molar-refractivity contribution >= 4 is 18.4 Å². The van der Waals surface area contributed by atoms with Gasteiger partial charge in [-0.05, 0) is 17.9 Å². The fourth-order valence-corrected chi connectivity index (χ4v) is 1.75. The predicted octanol–water partition coefficient (Wildman–Crippen LogP) is 0.424. The smallest absolute Gasteiger partial charge is 0.423 e. The number of Topliss-reactive ketones (excluding diaryl/α,β-unsaturated/α-hetero) is 1. The lowest BCUT2D eigenvalue weighted by atomic mass is 9.79. The van der Waals surface area contributed by atoms with Gasteiger partial charge in [-0.3, -0.25) is 4.79 Å². The van der Waals surface area contributed by atoms with Gasteiger partial charge >= 0.3 is 7.12 Å². The zero-order valence-electron chi connectivity index (χ0n) is 7.93. The van der Waals surface area contributed by atoms with Crippen molar-refractivity contribution < 1.29 is 14.5 Å². The molecule has 4 heteroatoms. The van der Waals surface area contributed by atoms with Gasteiger partial charge in [-0.25, -0.2) is 0 Å². The maximum absolute atomic E-state index is 11.0. The van der Waals surface area contributed by atoms with Crippen LogP contribution in [0.25, 0.3) is 0 Å². The molecule has 1 N–H and O–H groups in total. The van der Waals surface area contributed by atoms with Gasteiger partial charge in [0, 0.05) is 6.42 Å². The van der Waals surface area contributed by atoms with Crippen LogP contribution in [0.2, 0.25) is 0 Å². The van der Waals surface area contributed by atoms with Crippen LogP contribution >= 0.6 is 0 Å². The first kappa shape index (κ1) is 9.43. The molecular formula is C10H11BO3. The van der Waals surface area contributed by atoms with Crippen LogP contribution in [-0.4, -0.2) is 17.9 Å². The van der Waals surface area contributed by atoms with E-state index in [9.17, 15) is 9.82 Å². The van der Waals surface area contributed by atoms with E-state index < -0.39 is 7.12 Å². The van der Waals surface area contributed by atoms with Crippen LogP contribution in [0, 0.1) is 0 Å². The van der Waals surface area contributed by atoms with E-state index in [0.717, 1.165) is 11.0 Å². The van der Waals surface area contributed by atoms with Gasteiger partial charge in [0.15, 0.2) is 0 Å². The number of carbonyl (C=O) groups excluding carboxylic acids is 1. The fraction of sp³-hybridized carbons (Fsp3) is 0.300. The molecule has 1 aliphatic rings. The third kappa shape index (κ3) is 1.58. The fourth-order valence-electron chi connectivity index (χ4n) is 1.75. The lowest BCUT2D eigenvalue weighted by Crippen LogP contribution is -2.27. The number of hydrogen-bond donors (Lipinski definition) is 1. The molecule has 0 bridgehead atoms. The van der Waals surface area contributed by atoms with Crippen LogP contribution in [0.15, 0.2) is 24.3 Å². The van der Waals surface area contributed by atoms with Crippen LogP contribution in [0.4, 0.5) is 0 Å². The van der Waals surface area contributed by atoms with Gasteiger partial charge in [-0.15, -0.1) is 0 Å². The summed E-state index contributed by atoms with van der Waals surface area (Å²) in [4.78, 5) is 11.0. The highest BCUT2D eigenvalue weighted by atomic mass is 16.5. The Balaban J connectivity index is 2.29. The van der Waals surface area contributed by atoms with Crippen molar-refractivity contribution in [3.05, 3.63) is 29.8 Å². The van der Waals surface area contributed by atoms with Gasteiger partial charge in [0.1, 0.15) is 5.78 Å². The van der Waals surface area contributed by atoms with Gasteiger partial charge in [-0.1, -0.05) is 24.3 Å². The molecule has 0 aliphatic carbocycles. The molecule has 0 radical (unpaired) electrons. The number of rotatable bonds is 2. The van der Waals surface area contributed by atoms with Crippen molar-refractivity contribution in [2.45, 2.75) is 19.4 Å². The van der Waals surface area contributed by atoms with Crippen molar-refractivity contribution in [2.75, 3.05) is 0 Å². The summed E-state index contributed by atoms with van der Waals surface area (Å²) in [6, 6.07) is 7.44. The van der Waals surface area contributed by atoms with E-state index in [0.29, 0.717) is 6.42 Å². The molecule has 0 spiro atoms. The van der Waals surface area contributed by atoms with Crippen LogP contribution in [0.1, 0.15) is 25.0 Å². The Morgan fingerprint density at radius 3 is 3.00 bits per heavy atom. The first-order valence-corrected chi connectivity index (χ1v) is 4.60. The monoisotopic (exact) mass is 190 g/mol. The number of fused-ring (bicyclic) bond motifs is 1. The van der Waals surface area contributed by atoms with E-state index in [4.69, 9.17) is 4.65 Å². The maximum atomic E-state index is 11.0. The average Bonchev–Trinajstić information content (AvgIpc) is 2.44. The highest BCUT2D eigenvalue weighted by Crippen LogP contribution is 2.26. The molecule has 0 aromatic heterocycles. The quantitative estimate of drug-likeness (QED) is 0.687. The summed E-state index contributed by atoms with van der Waals surface area (Å²) in [5.74, 6) is 0.0684. The molecule has 1 aromatic carbocycles. The van der Waals surface area contributed by atoms with Crippen molar-refractivity contribution in [1.29, 1.82) is 0 Å². The van der Waals surface area contributed by atoms with Crippen LogP contribution < -0.4 is 5.46 Å². The number of carbonyl (C=O) groups is 1. The second-order valence-corrected chi connectivity index (χ2v) is 3.51. The van der Waals surface area contributed by atoms with Crippen LogP contribution in [0.3, 0.4) is 0 Å². The molecule has 0 saturated heterocycles. The summed E-state index contributed by atoms with van der Waals surface area (Å²) in [5.41, 5.74) is 1.70. The molecule has 0 amide bonds. The van der Waals surface area contributed by atoms with Gasteiger partial charge < -0.3 is 9.68 Å². The molecule has 1 heterocycles. The number of benzene rings is 1. The van der Waals surface area contributed by atoms with Crippen molar-refractivity contribution in [3.8, 4) is 0 Å². The Hall–Kier alpha value is -1.13. The van der Waals surface area contributed by atoms with Crippen LogP contribution in [0.5, 0.6) is 0 Å². The highest BCUT2D eigenvalue weighted by Gasteiger charge is 2.34. The minimum atomic E-state index is -0.879. The standard InChI is InChI=1S/C10H11BO3/c1-7(12)6-10-8-4-2-3-5-9(8)11(13)14-10/h2-5,10,13H,6H2,1H3. The summed E-state index contributed by atoms with van der Waals surface area (Å²) in [7, 11) is -0.879. The molecule has 1 aromatic rings. The Morgan fingerprint density at radius 2 is 2.29 bits per heavy atom. The third-order valence-corrected chi connectivity index (χ3v) is 2.37. The Morgan fingerprint density at radius 1 is 1.57 bits per heavy atom. The van der Waals surface area contributed by atoms with E-state index in [1.54, 1.807) is 0 Å². The first-order valence-electron chi connectivity index (χ1n) is 4.60. The molecule has 0 saturated carbocycles. The van der Waals surface area contributed by atoms with Gasteiger partial charge in [-0.2, -0.15) is 0 Å². The van der Waals surface area contributed by atoms with Crippen molar-refractivity contribution in [3.63, 3.8) is 0 Å². The second kappa shape index (κ2) is 3.56. The molecule has 1 unspecified atom stereocenters. The number of hydrogen-bond acceptors (Lipinski definition) is 3. The van der Waals surface area contributed by atoms with Gasteiger partial charge in [0.2, 0.25) is 0 Å².